The van der Waals surface area contributed by atoms with E-state index in [4.69, 9.17) is 4.99 Å². The van der Waals surface area contributed by atoms with Crippen LogP contribution < -0.4 is 16.0 Å². The van der Waals surface area contributed by atoms with E-state index in [9.17, 15) is 0 Å². The Labute approximate surface area is 160 Å². The van der Waals surface area contributed by atoms with Gasteiger partial charge in [0, 0.05) is 32.7 Å². The summed E-state index contributed by atoms with van der Waals surface area (Å²) in [6, 6.07) is 0.573. The van der Waals surface area contributed by atoms with E-state index in [0.717, 1.165) is 55.5 Å². The predicted molar refractivity (Wildman–Crippen MR) is 109 cm³/mol. The summed E-state index contributed by atoms with van der Waals surface area (Å²) in [5, 5.41) is 15.2. The third-order valence-corrected chi connectivity index (χ3v) is 4.95. The molecule has 1 saturated heterocycles. The quantitative estimate of drug-likeness (QED) is 0.358. The summed E-state index contributed by atoms with van der Waals surface area (Å²) >= 11 is 0. The van der Waals surface area contributed by atoms with Crippen molar-refractivity contribution in [2.45, 2.75) is 32.7 Å². The van der Waals surface area contributed by atoms with E-state index in [1.54, 1.807) is 17.2 Å². The van der Waals surface area contributed by atoms with Crippen LogP contribution in [0.15, 0.2) is 17.5 Å². The number of aromatic nitrogens is 4. The van der Waals surface area contributed by atoms with Gasteiger partial charge in [-0.05, 0) is 32.9 Å². The van der Waals surface area contributed by atoms with Gasteiger partial charge in [0.25, 0.3) is 0 Å². The van der Waals surface area contributed by atoms with Crippen LogP contribution in [0, 0.1) is 0 Å². The van der Waals surface area contributed by atoms with Gasteiger partial charge in [-0.2, -0.15) is 5.10 Å². The maximum atomic E-state index is 4.78. The highest BCUT2D eigenvalue weighted by Gasteiger charge is 2.22. The minimum absolute atomic E-state index is 0.573. The van der Waals surface area contributed by atoms with Crippen molar-refractivity contribution < 1.29 is 0 Å². The molecule has 0 aromatic carbocycles. The molecule has 1 aliphatic rings. The Bertz CT molecular complexity index is 754. The first kappa shape index (κ1) is 19.3. The topological polar surface area (TPSA) is 95.3 Å². The van der Waals surface area contributed by atoms with Crippen LogP contribution in [0.3, 0.4) is 0 Å². The van der Waals surface area contributed by atoms with Crippen molar-refractivity contribution in [3.05, 3.63) is 12.5 Å². The van der Waals surface area contributed by atoms with Crippen LogP contribution in [-0.2, 0) is 7.05 Å². The van der Waals surface area contributed by atoms with E-state index in [-0.39, 0.29) is 0 Å². The van der Waals surface area contributed by atoms with Gasteiger partial charge >= 0.3 is 0 Å². The average Bonchev–Trinajstić information content (AvgIpc) is 3.30. The molecule has 1 unspecified atom stereocenters. The summed E-state index contributed by atoms with van der Waals surface area (Å²) in [4.78, 5) is 15.9. The lowest BCUT2D eigenvalue weighted by molar-refractivity contribution is 0.273. The van der Waals surface area contributed by atoms with Crippen LogP contribution in [-0.4, -0.2) is 75.9 Å². The monoisotopic (exact) mass is 373 g/mol. The van der Waals surface area contributed by atoms with Crippen molar-refractivity contribution in [2.75, 3.05) is 44.6 Å². The Morgan fingerprint density at radius 3 is 2.96 bits per heavy atom. The van der Waals surface area contributed by atoms with Crippen molar-refractivity contribution in [3.63, 3.8) is 0 Å². The molecule has 0 spiro atoms. The lowest BCUT2D eigenvalue weighted by Gasteiger charge is -2.21. The number of hydrogen-bond acceptors (Lipinski definition) is 6. The minimum atomic E-state index is 0.573. The molecular weight excluding hydrogens is 342 g/mol. The van der Waals surface area contributed by atoms with Gasteiger partial charge in [-0.3, -0.25) is 14.6 Å². The number of fused-ring (bicyclic) bond motifs is 1. The largest absolute Gasteiger partial charge is 0.368 e. The van der Waals surface area contributed by atoms with Gasteiger partial charge in [0.05, 0.1) is 18.1 Å². The number of aryl methyl sites for hydroxylation is 1. The molecule has 9 nitrogen and oxygen atoms in total. The number of anilines is 1. The normalized spacial score (nSPS) is 18.2. The highest BCUT2D eigenvalue weighted by molar-refractivity contribution is 5.86. The molecule has 0 amide bonds. The number of aliphatic imine (C=N–C) groups is 1. The molecule has 3 rings (SSSR count). The van der Waals surface area contributed by atoms with Gasteiger partial charge in [-0.25, -0.2) is 9.97 Å². The third kappa shape index (κ3) is 4.85. The zero-order valence-corrected chi connectivity index (χ0v) is 16.6. The molecular formula is C18H31N9. The van der Waals surface area contributed by atoms with Gasteiger partial charge in [-0.15, -0.1) is 0 Å². The molecule has 1 fully saturated rings. The second kappa shape index (κ2) is 9.50. The van der Waals surface area contributed by atoms with Gasteiger partial charge < -0.3 is 16.0 Å². The Kier molecular flexibility index (Phi) is 6.80. The molecule has 2 aromatic rings. The van der Waals surface area contributed by atoms with Crippen LogP contribution in [0.2, 0.25) is 0 Å². The first-order chi connectivity index (χ1) is 13.2. The van der Waals surface area contributed by atoms with E-state index in [1.165, 1.54) is 19.4 Å². The molecule has 0 saturated carbocycles. The molecule has 3 N–H and O–H groups in total. The number of guanidine groups is 1. The van der Waals surface area contributed by atoms with Crippen LogP contribution in [0.5, 0.6) is 0 Å². The van der Waals surface area contributed by atoms with E-state index in [0.29, 0.717) is 6.04 Å². The number of nitrogens with zero attached hydrogens (tertiary/aromatic N) is 6. The smallest absolute Gasteiger partial charge is 0.191 e. The zero-order valence-electron chi connectivity index (χ0n) is 16.6. The van der Waals surface area contributed by atoms with Crippen LogP contribution >= 0.6 is 0 Å². The molecule has 27 heavy (non-hydrogen) atoms. The first-order valence-corrected chi connectivity index (χ1v) is 9.85. The molecule has 0 bridgehead atoms. The third-order valence-electron chi connectivity index (χ3n) is 4.95. The molecule has 0 radical (unpaired) electrons. The maximum Gasteiger partial charge on any atom is 0.191 e. The molecule has 0 aliphatic carbocycles. The number of likely N-dealkylation sites (N-methyl/N-ethyl adjacent to an activating group) is 1. The highest BCUT2D eigenvalue weighted by atomic mass is 15.3. The number of rotatable bonds is 8. The summed E-state index contributed by atoms with van der Waals surface area (Å²) in [6.07, 6.45) is 5.88. The molecule has 148 valence electrons. The van der Waals surface area contributed by atoms with Crippen LogP contribution in [0.1, 0.15) is 26.7 Å². The molecule has 9 heteroatoms. The van der Waals surface area contributed by atoms with Gasteiger partial charge in [-0.1, -0.05) is 6.92 Å². The van der Waals surface area contributed by atoms with Crippen molar-refractivity contribution >= 4 is 22.8 Å². The van der Waals surface area contributed by atoms with E-state index in [2.05, 4.69) is 49.8 Å². The Morgan fingerprint density at radius 2 is 2.15 bits per heavy atom. The SMILES string of the molecule is CCNC(=NCC1CCCN1CC)NCCNc1ncnc2c1cnn2C. The van der Waals surface area contributed by atoms with Crippen molar-refractivity contribution in [3.8, 4) is 0 Å². The van der Waals surface area contributed by atoms with Gasteiger partial charge in [0.1, 0.15) is 12.1 Å². The average molecular weight is 374 g/mol. The second-order valence-electron chi connectivity index (χ2n) is 6.73. The highest BCUT2D eigenvalue weighted by Crippen LogP contribution is 2.17. The fourth-order valence-corrected chi connectivity index (χ4v) is 3.52. The van der Waals surface area contributed by atoms with Crippen LogP contribution in [0.4, 0.5) is 5.82 Å². The number of nitrogens with one attached hydrogen (secondary N) is 3. The predicted octanol–water partition coefficient (Wildman–Crippen LogP) is 0.815. The van der Waals surface area contributed by atoms with Crippen LogP contribution in [0.25, 0.3) is 11.0 Å². The Morgan fingerprint density at radius 1 is 1.26 bits per heavy atom. The maximum absolute atomic E-state index is 4.78. The molecule has 1 atom stereocenters. The van der Waals surface area contributed by atoms with E-state index >= 15 is 0 Å². The Hall–Kier alpha value is -2.42. The lowest BCUT2D eigenvalue weighted by atomic mass is 10.2. The summed E-state index contributed by atoms with van der Waals surface area (Å²) in [5.41, 5.74) is 0.826. The van der Waals surface area contributed by atoms with Gasteiger partial charge in [0.15, 0.2) is 11.6 Å². The standard InChI is InChI=1S/C18H31N9/c1-4-19-18(22-11-14-7-6-10-27(14)5-2)21-9-8-20-16-15-12-25-26(3)17(15)24-13-23-16/h12-14H,4-11H2,1-3H3,(H2,19,21,22)(H,20,23,24). The van der Waals surface area contributed by atoms with Gasteiger partial charge in [0.2, 0.25) is 0 Å². The Balaban J connectivity index is 1.50. The first-order valence-electron chi connectivity index (χ1n) is 9.85. The number of hydrogen-bond donors (Lipinski definition) is 3. The fraction of sp³-hybridized carbons (Fsp3) is 0.667. The second-order valence-corrected chi connectivity index (χ2v) is 6.73. The fourth-order valence-electron chi connectivity index (χ4n) is 3.52. The lowest BCUT2D eigenvalue weighted by Crippen LogP contribution is -2.41. The van der Waals surface area contributed by atoms with Crippen molar-refractivity contribution in [1.82, 2.24) is 35.3 Å². The minimum Gasteiger partial charge on any atom is -0.368 e. The van der Waals surface area contributed by atoms with E-state index in [1.807, 2.05) is 7.05 Å². The van der Waals surface area contributed by atoms with Crippen molar-refractivity contribution in [1.29, 1.82) is 0 Å². The zero-order chi connectivity index (χ0) is 19.1. The summed E-state index contributed by atoms with van der Waals surface area (Å²) in [5.74, 6) is 1.68. The summed E-state index contributed by atoms with van der Waals surface area (Å²) in [7, 11) is 1.88. The summed E-state index contributed by atoms with van der Waals surface area (Å²) in [6.45, 7) is 9.80. The van der Waals surface area contributed by atoms with E-state index < -0.39 is 0 Å². The molecule has 1 aliphatic heterocycles. The summed E-state index contributed by atoms with van der Waals surface area (Å²) < 4.78 is 1.75. The molecule has 3 heterocycles. The molecule has 2 aromatic heterocycles. The van der Waals surface area contributed by atoms with Crippen molar-refractivity contribution in [2.24, 2.45) is 12.0 Å². The number of likely N-dealkylation sites (tertiary alicyclic amines) is 1.